The summed E-state index contributed by atoms with van der Waals surface area (Å²) in [7, 11) is 1.61. The lowest BCUT2D eigenvalue weighted by Crippen LogP contribution is -2.13. The molecular formula is C16H21NO3. The van der Waals surface area contributed by atoms with Gasteiger partial charge in [0.1, 0.15) is 0 Å². The first kappa shape index (κ1) is 14.6. The van der Waals surface area contributed by atoms with Gasteiger partial charge in [0.15, 0.2) is 0 Å². The number of hydrogen-bond acceptors (Lipinski definition) is 4. The molecule has 0 saturated heterocycles. The van der Waals surface area contributed by atoms with Crippen molar-refractivity contribution in [1.82, 2.24) is 4.98 Å². The van der Waals surface area contributed by atoms with Gasteiger partial charge in [0.05, 0.1) is 13.7 Å². The molecule has 4 nitrogen and oxygen atoms in total. The second kappa shape index (κ2) is 7.08. The first-order valence-electron chi connectivity index (χ1n) is 7.08. The lowest BCUT2D eigenvalue weighted by Gasteiger charge is -2.21. The second-order valence-corrected chi connectivity index (χ2v) is 4.97. The summed E-state index contributed by atoms with van der Waals surface area (Å²) in [6.07, 6.45) is 7.53. The van der Waals surface area contributed by atoms with E-state index in [4.69, 9.17) is 9.47 Å². The highest BCUT2D eigenvalue weighted by Crippen LogP contribution is 2.32. The standard InChI is InChI=1S/C16H21NO3/c1-3-20-16(18)10-12-4-6-13(7-5-12)14-8-9-15(19-2)17-11-14/h6,8-9,11-12H,3-5,7,10H2,1-2H3. The predicted molar refractivity (Wildman–Crippen MR) is 77.4 cm³/mol. The zero-order chi connectivity index (χ0) is 14.4. The van der Waals surface area contributed by atoms with Crippen LogP contribution in [0.2, 0.25) is 0 Å². The van der Waals surface area contributed by atoms with Crippen molar-refractivity contribution in [2.75, 3.05) is 13.7 Å². The third-order valence-corrected chi connectivity index (χ3v) is 3.60. The summed E-state index contributed by atoms with van der Waals surface area (Å²) < 4.78 is 10.1. The average molecular weight is 275 g/mol. The maximum atomic E-state index is 11.5. The molecule has 0 spiro atoms. The topological polar surface area (TPSA) is 48.4 Å². The number of nitrogens with zero attached hydrogens (tertiary/aromatic N) is 1. The minimum Gasteiger partial charge on any atom is -0.481 e. The van der Waals surface area contributed by atoms with Crippen LogP contribution < -0.4 is 4.74 Å². The van der Waals surface area contributed by atoms with Gasteiger partial charge in [0.2, 0.25) is 5.88 Å². The van der Waals surface area contributed by atoms with Crippen molar-refractivity contribution >= 4 is 11.5 Å². The van der Waals surface area contributed by atoms with E-state index in [-0.39, 0.29) is 5.97 Å². The fraction of sp³-hybridized carbons (Fsp3) is 0.500. The normalized spacial score (nSPS) is 18.3. The molecule has 1 aromatic rings. The predicted octanol–water partition coefficient (Wildman–Crippen LogP) is 3.23. The summed E-state index contributed by atoms with van der Waals surface area (Å²) >= 11 is 0. The van der Waals surface area contributed by atoms with Crippen LogP contribution in [0.15, 0.2) is 24.4 Å². The van der Waals surface area contributed by atoms with Gasteiger partial charge in [-0.2, -0.15) is 0 Å². The van der Waals surface area contributed by atoms with Crippen molar-refractivity contribution in [1.29, 1.82) is 0 Å². The SMILES string of the molecule is CCOC(=O)CC1CC=C(c2ccc(OC)nc2)CC1. The van der Waals surface area contributed by atoms with Crippen LogP contribution in [-0.4, -0.2) is 24.7 Å². The number of ether oxygens (including phenoxy) is 2. The Labute approximate surface area is 119 Å². The Morgan fingerprint density at radius 1 is 1.45 bits per heavy atom. The van der Waals surface area contributed by atoms with E-state index in [9.17, 15) is 4.79 Å². The zero-order valence-corrected chi connectivity index (χ0v) is 12.1. The molecule has 108 valence electrons. The maximum Gasteiger partial charge on any atom is 0.306 e. The molecular weight excluding hydrogens is 254 g/mol. The average Bonchev–Trinajstić information content (AvgIpc) is 2.48. The number of carbonyl (C=O) groups is 1. The molecule has 0 aromatic carbocycles. The van der Waals surface area contributed by atoms with E-state index in [0.717, 1.165) is 24.8 Å². The third kappa shape index (κ3) is 3.83. The first-order valence-corrected chi connectivity index (χ1v) is 7.08. The Kier molecular flexibility index (Phi) is 5.16. The van der Waals surface area contributed by atoms with Crippen LogP contribution in [0.3, 0.4) is 0 Å². The van der Waals surface area contributed by atoms with E-state index in [1.807, 2.05) is 25.3 Å². The van der Waals surface area contributed by atoms with E-state index in [1.54, 1.807) is 7.11 Å². The molecule has 2 rings (SSSR count). The molecule has 1 aromatic heterocycles. The number of esters is 1. The summed E-state index contributed by atoms with van der Waals surface area (Å²) in [4.78, 5) is 15.7. The Bertz CT molecular complexity index is 479. The fourth-order valence-corrected chi connectivity index (χ4v) is 2.48. The molecule has 0 N–H and O–H groups in total. The first-order chi connectivity index (χ1) is 9.72. The molecule has 1 unspecified atom stereocenters. The van der Waals surface area contributed by atoms with Crippen molar-refractivity contribution in [2.45, 2.75) is 32.6 Å². The van der Waals surface area contributed by atoms with Gasteiger partial charge in [-0.05, 0) is 49.3 Å². The monoisotopic (exact) mass is 275 g/mol. The molecule has 0 radical (unpaired) electrons. The van der Waals surface area contributed by atoms with Crippen molar-refractivity contribution in [3.8, 4) is 5.88 Å². The van der Waals surface area contributed by atoms with E-state index in [2.05, 4.69) is 11.1 Å². The molecule has 1 atom stereocenters. The molecule has 0 amide bonds. The van der Waals surface area contributed by atoms with Crippen molar-refractivity contribution in [2.24, 2.45) is 5.92 Å². The molecule has 1 aliphatic carbocycles. The zero-order valence-electron chi connectivity index (χ0n) is 12.1. The quantitative estimate of drug-likeness (QED) is 0.774. The van der Waals surface area contributed by atoms with Crippen molar-refractivity contribution in [3.05, 3.63) is 30.0 Å². The van der Waals surface area contributed by atoms with Gasteiger partial charge >= 0.3 is 5.97 Å². The van der Waals surface area contributed by atoms with Crippen LogP contribution in [0.4, 0.5) is 0 Å². The minimum atomic E-state index is -0.0829. The molecule has 20 heavy (non-hydrogen) atoms. The van der Waals surface area contributed by atoms with Gasteiger partial charge in [-0.3, -0.25) is 4.79 Å². The summed E-state index contributed by atoms with van der Waals surface area (Å²) in [6.45, 7) is 2.30. The molecule has 0 aliphatic heterocycles. The molecule has 4 heteroatoms. The van der Waals surface area contributed by atoms with E-state index < -0.39 is 0 Å². The Balaban J connectivity index is 1.92. The summed E-state index contributed by atoms with van der Waals surface area (Å²) in [5, 5.41) is 0. The van der Waals surface area contributed by atoms with Crippen LogP contribution in [-0.2, 0) is 9.53 Å². The Morgan fingerprint density at radius 3 is 2.85 bits per heavy atom. The lowest BCUT2D eigenvalue weighted by atomic mass is 9.85. The number of rotatable bonds is 5. The second-order valence-electron chi connectivity index (χ2n) is 4.97. The van der Waals surface area contributed by atoms with Gasteiger partial charge in [-0.25, -0.2) is 4.98 Å². The highest BCUT2D eigenvalue weighted by atomic mass is 16.5. The van der Waals surface area contributed by atoms with Crippen LogP contribution in [0, 0.1) is 5.92 Å². The van der Waals surface area contributed by atoms with Crippen LogP contribution in [0.1, 0.15) is 38.2 Å². The lowest BCUT2D eigenvalue weighted by molar-refractivity contribution is -0.144. The smallest absolute Gasteiger partial charge is 0.306 e. The van der Waals surface area contributed by atoms with E-state index >= 15 is 0 Å². The van der Waals surface area contributed by atoms with Crippen molar-refractivity contribution in [3.63, 3.8) is 0 Å². The Morgan fingerprint density at radius 2 is 2.30 bits per heavy atom. The highest BCUT2D eigenvalue weighted by Gasteiger charge is 2.19. The molecule has 0 bridgehead atoms. The van der Waals surface area contributed by atoms with Crippen LogP contribution >= 0.6 is 0 Å². The third-order valence-electron chi connectivity index (χ3n) is 3.60. The number of aromatic nitrogens is 1. The number of carbonyl (C=O) groups excluding carboxylic acids is 1. The molecule has 1 heterocycles. The van der Waals surface area contributed by atoms with Gasteiger partial charge in [-0.1, -0.05) is 6.08 Å². The summed E-state index contributed by atoms with van der Waals surface area (Å²) in [5.74, 6) is 0.954. The van der Waals surface area contributed by atoms with E-state index in [0.29, 0.717) is 24.8 Å². The van der Waals surface area contributed by atoms with Gasteiger partial charge in [0.25, 0.3) is 0 Å². The van der Waals surface area contributed by atoms with Gasteiger partial charge in [-0.15, -0.1) is 0 Å². The number of methoxy groups -OCH3 is 1. The van der Waals surface area contributed by atoms with Crippen LogP contribution in [0.25, 0.3) is 5.57 Å². The largest absolute Gasteiger partial charge is 0.481 e. The fourth-order valence-electron chi connectivity index (χ4n) is 2.48. The molecule has 0 saturated carbocycles. The summed E-state index contributed by atoms with van der Waals surface area (Å²) in [5.41, 5.74) is 2.45. The van der Waals surface area contributed by atoms with Crippen LogP contribution in [0.5, 0.6) is 5.88 Å². The highest BCUT2D eigenvalue weighted by molar-refractivity contribution is 5.70. The number of hydrogen-bond donors (Lipinski definition) is 0. The van der Waals surface area contributed by atoms with E-state index in [1.165, 1.54) is 5.57 Å². The number of pyridine rings is 1. The minimum absolute atomic E-state index is 0.0829. The molecule has 1 aliphatic rings. The maximum absolute atomic E-state index is 11.5. The Hall–Kier alpha value is -1.84. The van der Waals surface area contributed by atoms with Crippen molar-refractivity contribution < 1.29 is 14.3 Å². The van der Waals surface area contributed by atoms with Gasteiger partial charge < -0.3 is 9.47 Å². The number of allylic oxidation sites excluding steroid dienone is 2. The molecule has 0 fully saturated rings. The van der Waals surface area contributed by atoms with Gasteiger partial charge in [0, 0.05) is 18.7 Å². The summed E-state index contributed by atoms with van der Waals surface area (Å²) in [6, 6.07) is 3.91.